The maximum Gasteiger partial charge on any atom is 0.271 e. The third kappa shape index (κ3) is 5.74. The number of para-hydroxylation sites is 1. The summed E-state index contributed by atoms with van der Waals surface area (Å²) < 4.78 is 7.78. The van der Waals surface area contributed by atoms with Gasteiger partial charge in [0, 0.05) is 34.5 Å². The molecule has 0 aliphatic carbocycles. The number of halogens is 1. The molecule has 0 bridgehead atoms. The first-order valence-electron chi connectivity index (χ1n) is 12.8. The van der Waals surface area contributed by atoms with Crippen LogP contribution in [0.2, 0.25) is 5.02 Å². The van der Waals surface area contributed by atoms with Crippen LogP contribution in [0.15, 0.2) is 114 Å². The van der Waals surface area contributed by atoms with Crippen molar-refractivity contribution in [1.29, 1.82) is 5.26 Å². The lowest BCUT2D eigenvalue weighted by molar-refractivity contribution is -0.139. The zero-order valence-electron chi connectivity index (χ0n) is 22.3. The first-order valence-corrected chi connectivity index (χ1v) is 13.2. The van der Waals surface area contributed by atoms with Gasteiger partial charge in [0.25, 0.3) is 11.8 Å². The van der Waals surface area contributed by atoms with E-state index in [2.05, 4.69) is 6.58 Å². The number of nitrogens with zero attached hydrogens (tertiary/aromatic N) is 4. The van der Waals surface area contributed by atoms with Gasteiger partial charge in [-0.3, -0.25) is 14.5 Å². The summed E-state index contributed by atoms with van der Waals surface area (Å²) in [7, 11) is 0. The van der Waals surface area contributed by atoms with Crippen molar-refractivity contribution in [3.05, 3.63) is 131 Å². The molecule has 7 nitrogen and oxygen atoms in total. The number of hydrogen-bond acceptors (Lipinski definition) is 5. The van der Waals surface area contributed by atoms with Crippen LogP contribution in [0.25, 0.3) is 23.0 Å². The summed E-state index contributed by atoms with van der Waals surface area (Å²) in [6.07, 6.45) is 4.96. The van der Waals surface area contributed by atoms with E-state index in [0.717, 1.165) is 21.7 Å². The number of carbonyl (C=O) groups is 2. The molecule has 2 heterocycles. The number of hydrogen-bond donors (Lipinski definition) is 0. The SMILES string of the molecule is C=CCN1C(=O)C(C#N)=C(C)/C(=C\c2cn(-c3ccccc3)nc2-c2cccc(OCc3ccc(Cl)cc3)c2)C1=O. The van der Waals surface area contributed by atoms with E-state index in [-0.39, 0.29) is 17.7 Å². The van der Waals surface area contributed by atoms with E-state index in [1.54, 1.807) is 17.7 Å². The van der Waals surface area contributed by atoms with Gasteiger partial charge >= 0.3 is 0 Å². The number of rotatable bonds is 8. The normalized spacial score (nSPS) is 14.4. The minimum absolute atomic E-state index is 0.00337. The molecule has 0 saturated heterocycles. The summed E-state index contributed by atoms with van der Waals surface area (Å²) in [5.74, 6) is -0.479. The van der Waals surface area contributed by atoms with Crippen LogP contribution in [0.5, 0.6) is 5.75 Å². The molecule has 8 heteroatoms. The zero-order valence-corrected chi connectivity index (χ0v) is 23.0. The van der Waals surface area contributed by atoms with Gasteiger partial charge in [-0.1, -0.05) is 60.1 Å². The molecule has 0 saturated carbocycles. The van der Waals surface area contributed by atoms with Crippen molar-refractivity contribution in [3.8, 4) is 28.8 Å². The minimum Gasteiger partial charge on any atom is -0.489 e. The molecule has 0 fully saturated rings. The Labute approximate surface area is 242 Å². The molecule has 3 aromatic carbocycles. The van der Waals surface area contributed by atoms with Crippen LogP contribution in [0.1, 0.15) is 18.1 Å². The Morgan fingerprint density at radius 3 is 2.49 bits per heavy atom. The highest BCUT2D eigenvalue weighted by Crippen LogP contribution is 2.32. The minimum atomic E-state index is -0.627. The summed E-state index contributed by atoms with van der Waals surface area (Å²) in [6, 6.07) is 26.5. The highest BCUT2D eigenvalue weighted by atomic mass is 35.5. The van der Waals surface area contributed by atoms with Crippen LogP contribution < -0.4 is 4.74 Å². The van der Waals surface area contributed by atoms with Gasteiger partial charge in [-0.15, -0.1) is 6.58 Å². The molecule has 0 atom stereocenters. The Kier molecular flexibility index (Phi) is 7.95. The molecular formula is C33H25ClN4O3. The van der Waals surface area contributed by atoms with Crippen molar-refractivity contribution in [1.82, 2.24) is 14.7 Å². The molecule has 0 unspecified atom stereocenters. The fraction of sp³-hybridized carbons (Fsp3) is 0.0909. The molecule has 0 spiro atoms. The molecule has 1 aromatic heterocycles. The van der Waals surface area contributed by atoms with Gasteiger partial charge in [-0.05, 0) is 60.5 Å². The molecule has 41 heavy (non-hydrogen) atoms. The lowest BCUT2D eigenvalue weighted by Gasteiger charge is -2.26. The van der Waals surface area contributed by atoms with Gasteiger partial charge in [-0.2, -0.15) is 10.4 Å². The highest BCUT2D eigenvalue weighted by molar-refractivity contribution is 6.30. The molecule has 0 radical (unpaired) electrons. The molecular weight excluding hydrogens is 536 g/mol. The number of nitriles is 1. The Balaban J connectivity index is 1.59. The topological polar surface area (TPSA) is 88.2 Å². The van der Waals surface area contributed by atoms with Gasteiger partial charge < -0.3 is 4.74 Å². The number of aromatic nitrogens is 2. The van der Waals surface area contributed by atoms with E-state index in [9.17, 15) is 14.9 Å². The molecule has 4 aromatic rings. The van der Waals surface area contributed by atoms with E-state index in [1.807, 2.05) is 91.1 Å². The third-order valence-electron chi connectivity index (χ3n) is 6.63. The summed E-state index contributed by atoms with van der Waals surface area (Å²) in [5.41, 5.74) is 4.30. The number of ether oxygens (including phenoxy) is 1. The Morgan fingerprint density at radius 2 is 1.78 bits per heavy atom. The lowest BCUT2D eigenvalue weighted by Crippen LogP contribution is -2.42. The first-order chi connectivity index (χ1) is 19.9. The van der Waals surface area contributed by atoms with Crippen molar-refractivity contribution >= 4 is 29.5 Å². The number of benzene rings is 3. The molecule has 0 N–H and O–H groups in total. The maximum atomic E-state index is 13.4. The Hall–Kier alpha value is -5.19. The van der Waals surface area contributed by atoms with Gasteiger partial charge in [0.2, 0.25) is 0 Å². The first kappa shape index (κ1) is 27.4. The van der Waals surface area contributed by atoms with Crippen molar-refractivity contribution in [2.75, 3.05) is 6.54 Å². The quantitative estimate of drug-likeness (QED) is 0.138. The Morgan fingerprint density at radius 1 is 1.02 bits per heavy atom. The zero-order chi connectivity index (χ0) is 28.9. The van der Waals surface area contributed by atoms with E-state index < -0.39 is 11.8 Å². The second-order valence-electron chi connectivity index (χ2n) is 9.34. The van der Waals surface area contributed by atoms with Crippen LogP contribution in [-0.4, -0.2) is 33.0 Å². The predicted octanol–water partition coefficient (Wildman–Crippen LogP) is 6.55. The number of imide groups is 1. The summed E-state index contributed by atoms with van der Waals surface area (Å²) in [6.45, 7) is 5.61. The van der Waals surface area contributed by atoms with E-state index in [1.165, 1.54) is 6.08 Å². The monoisotopic (exact) mass is 560 g/mol. The van der Waals surface area contributed by atoms with Crippen LogP contribution >= 0.6 is 11.6 Å². The lowest BCUT2D eigenvalue weighted by atomic mass is 9.93. The van der Waals surface area contributed by atoms with Gasteiger partial charge in [0.15, 0.2) is 0 Å². The van der Waals surface area contributed by atoms with Crippen LogP contribution in [0.4, 0.5) is 0 Å². The molecule has 5 rings (SSSR count). The van der Waals surface area contributed by atoms with Gasteiger partial charge in [0.1, 0.15) is 29.7 Å². The van der Waals surface area contributed by atoms with Crippen molar-refractivity contribution in [2.45, 2.75) is 13.5 Å². The van der Waals surface area contributed by atoms with Crippen LogP contribution in [0.3, 0.4) is 0 Å². The standard InChI is InChI=1S/C33H25ClN4O3/c1-3-16-37-32(39)29(22(2)30(19-35)33(37)40)18-25-20-38(27-9-5-4-6-10-27)36-31(25)24-8-7-11-28(17-24)41-21-23-12-14-26(34)15-13-23/h3-15,17-18,20H,1,16,21H2,2H3/b29-18+. The van der Waals surface area contributed by atoms with Crippen molar-refractivity contribution in [2.24, 2.45) is 0 Å². The third-order valence-corrected chi connectivity index (χ3v) is 6.88. The van der Waals surface area contributed by atoms with Gasteiger partial charge in [-0.25, -0.2) is 4.68 Å². The smallest absolute Gasteiger partial charge is 0.271 e. The molecule has 202 valence electrons. The van der Waals surface area contributed by atoms with Crippen molar-refractivity contribution in [3.63, 3.8) is 0 Å². The fourth-order valence-electron chi connectivity index (χ4n) is 4.49. The fourth-order valence-corrected chi connectivity index (χ4v) is 4.62. The summed E-state index contributed by atoms with van der Waals surface area (Å²) in [5, 5.41) is 15.2. The molecule has 2 amide bonds. The van der Waals surface area contributed by atoms with Crippen molar-refractivity contribution < 1.29 is 14.3 Å². The van der Waals surface area contributed by atoms with E-state index >= 15 is 0 Å². The molecule has 1 aliphatic rings. The largest absolute Gasteiger partial charge is 0.489 e. The second-order valence-corrected chi connectivity index (χ2v) is 9.77. The summed E-state index contributed by atoms with van der Waals surface area (Å²) >= 11 is 6.00. The number of amides is 2. The summed E-state index contributed by atoms with van der Waals surface area (Å²) in [4.78, 5) is 27.2. The molecule has 1 aliphatic heterocycles. The van der Waals surface area contributed by atoms with E-state index in [0.29, 0.717) is 34.2 Å². The van der Waals surface area contributed by atoms with Crippen LogP contribution in [0, 0.1) is 11.3 Å². The average Bonchev–Trinajstić information content (AvgIpc) is 3.42. The Bertz CT molecular complexity index is 1750. The average molecular weight is 561 g/mol. The number of carbonyl (C=O) groups excluding carboxylic acids is 2. The van der Waals surface area contributed by atoms with Crippen LogP contribution in [-0.2, 0) is 16.2 Å². The second kappa shape index (κ2) is 11.9. The van der Waals surface area contributed by atoms with Gasteiger partial charge in [0.05, 0.1) is 5.69 Å². The maximum absolute atomic E-state index is 13.4. The predicted molar refractivity (Wildman–Crippen MR) is 158 cm³/mol. The highest BCUT2D eigenvalue weighted by Gasteiger charge is 2.35. The van der Waals surface area contributed by atoms with E-state index in [4.69, 9.17) is 21.4 Å².